The van der Waals surface area contributed by atoms with E-state index in [-0.39, 0.29) is 22.7 Å². The van der Waals surface area contributed by atoms with Crippen LogP contribution in [0.25, 0.3) is 0 Å². The summed E-state index contributed by atoms with van der Waals surface area (Å²) >= 11 is 5.82. The zero-order valence-electron chi connectivity index (χ0n) is 11.7. The fourth-order valence-corrected chi connectivity index (χ4v) is 2.18. The minimum Gasteiger partial charge on any atom is -0.478 e. The third-order valence-corrected chi connectivity index (χ3v) is 2.82. The van der Waals surface area contributed by atoms with Crippen LogP contribution in [0, 0.1) is 5.92 Å². The van der Waals surface area contributed by atoms with Gasteiger partial charge in [0.15, 0.2) is 0 Å². The Hall–Kier alpha value is -1.75. The van der Waals surface area contributed by atoms with E-state index in [1.54, 1.807) is 0 Å². The first-order chi connectivity index (χ1) is 9.27. The third kappa shape index (κ3) is 5.48. The number of carboxylic acid groups (broad SMARTS) is 1. The first-order valence-electron chi connectivity index (χ1n) is 6.39. The predicted octanol–water partition coefficient (Wildman–Crippen LogP) is 3.59. The van der Waals surface area contributed by atoms with Crippen molar-refractivity contribution in [3.63, 3.8) is 0 Å². The fourth-order valence-electron chi connectivity index (χ4n) is 1.94. The molecule has 0 fully saturated rings. The quantitative estimate of drug-likeness (QED) is 0.777. The van der Waals surface area contributed by atoms with Crippen LogP contribution in [0.3, 0.4) is 0 Å². The first-order valence-corrected chi connectivity index (χ1v) is 6.77. The average molecular weight is 299 g/mol. The Kier molecular flexibility index (Phi) is 5.82. The smallest absolute Gasteiger partial charge is 0.335 e. The number of hydrogen-bond donors (Lipinski definition) is 3. The van der Waals surface area contributed by atoms with Gasteiger partial charge < -0.3 is 15.7 Å². The van der Waals surface area contributed by atoms with Crippen LogP contribution < -0.4 is 10.6 Å². The lowest BCUT2D eigenvalue weighted by molar-refractivity contribution is 0.0697. The molecule has 2 amide bonds. The van der Waals surface area contributed by atoms with Crippen LogP contribution in [0.1, 0.15) is 37.6 Å². The number of rotatable bonds is 5. The molecule has 1 aromatic rings. The van der Waals surface area contributed by atoms with Gasteiger partial charge in [0.25, 0.3) is 0 Å². The molecule has 20 heavy (non-hydrogen) atoms. The van der Waals surface area contributed by atoms with Gasteiger partial charge in [-0.05, 0) is 37.5 Å². The number of benzene rings is 1. The number of carbonyl (C=O) groups is 2. The van der Waals surface area contributed by atoms with Crippen molar-refractivity contribution in [3.05, 3.63) is 28.8 Å². The largest absolute Gasteiger partial charge is 0.478 e. The van der Waals surface area contributed by atoms with E-state index in [1.165, 1.54) is 18.2 Å². The Morgan fingerprint density at radius 3 is 2.45 bits per heavy atom. The molecule has 0 saturated heterocycles. The average Bonchev–Trinajstić information content (AvgIpc) is 2.25. The molecule has 0 spiro atoms. The normalized spacial score (nSPS) is 12.1. The molecule has 5 nitrogen and oxygen atoms in total. The molecule has 110 valence electrons. The van der Waals surface area contributed by atoms with Crippen molar-refractivity contribution < 1.29 is 14.7 Å². The number of halogens is 1. The molecular formula is C14H19ClN2O3. The van der Waals surface area contributed by atoms with Gasteiger partial charge in [-0.15, -0.1) is 0 Å². The van der Waals surface area contributed by atoms with Crippen LogP contribution in [0.4, 0.5) is 10.5 Å². The first kappa shape index (κ1) is 16.3. The highest BCUT2D eigenvalue weighted by Crippen LogP contribution is 2.19. The van der Waals surface area contributed by atoms with Gasteiger partial charge in [-0.1, -0.05) is 25.4 Å². The lowest BCUT2D eigenvalue weighted by Crippen LogP contribution is -2.36. The Bertz CT molecular complexity index is 503. The topological polar surface area (TPSA) is 78.4 Å². The molecule has 3 N–H and O–H groups in total. The van der Waals surface area contributed by atoms with Gasteiger partial charge in [0.1, 0.15) is 0 Å². The monoisotopic (exact) mass is 298 g/mol. The summed E-state index contributed by atoms with van der Waals surface area (Å²) in [4.78, 5) is 22.7. The zero-order valence-corrected chi connectivity index (χ0v) is 12.5. The van der Waals surface area contributed by atoms with Gasteiger partial charge in [-0.25, -0.2) is 9.59 Å². The highest BCUT2D eigenvalue weighted by atomic mass is 35.5. The number of urea groups is 1. The number of anilines is 1. The summed E-state index contributed by atoms with van der Waals surface area (Å²) in [7, 11) is 0. The summed E-state index contributed by atoms with van der Waals surface area (Å²) in [5.41, 5.74) is 0.382. The summed E-state index contributed by atoms with van der Waals surface area (Å²) in [6, 6.07) is 3.85. The Morgan fingerprint density at radius 1 is 1.25 bits per heavy atom. The summed E-state index contributed by atoms with van der Waals surface area (Å²) in [6.07, 6.45) is 0.864. The maximum absolute atomic E-state index is 11.8. The number of aromatic carboxylic acids is 1. The van der Waals surface area contributed by atoms with Gasteiger partial charge in [-0.2, -0.15) is 0 Å². The molecule has 0 heterocycles. The van der Waals surface area contributed by atoms with E-state index in [0.717, 1.165) is 6.42 Å². The molecule has 0 saturated carbocycles. The Balaban J connectivity index is 2.68. The molecule has 6 heteroatoms. The molecule has 0 aliphatic rings. The predicted molar refractivity (Wildman–Crippen MR) is 79.5 cm³/mol. The molecule has 0 bridgehead atoms. The summed E-state index contributed by atoms with van der Waals surface area (Å²) in [6.45, 7) is 6.07. The van der Waals surface area contributed by atoms with Crippen molar-refractivity contribution in [3.8, 4) is 0 Å². The van der Waals surface area contributed by atoms with Crippen LogP contribution in [0.15, 0.2) is 18.2 Å². The molecule has 0 aliphatic heterocycles. The molecule has 1 unspecified atom stereocenters. The second-order valence-electron chi connectivity index (χ2n) is 5.16. The lowest BCUT2D eigenvalue weighted by atomic mass is 10.1. The third-order valence-electron chi connectivity index (χ3n) is 2.61. The van der Waals surface area contributed by atoms with Gasteiger partial charge in [0, 0.05) is 16.8 Å². The maximum Gasteiger partial charge on any atom is 0.335 e. The van der Waals surface area contributed by atoms with Crippen LogP contribution in [-0.4, -0.2) is 23.1 Å². The van der Waals surface area contributed by atoms with Crippen molar-refractivity contribution in [2.24, 2.45) is 5.92 Å². The summed E-state index contributed by atoms with van der Waals surface area (Å²) < 4.78 is 0. The van der Waals surface area contributed by atoms with Crippen LogP contribution in [-0.2, 0) is 0 Å². The highest BCUT2D eigenvalue weighted by Gasteiger charge is 2.11. The van der Waals surface area contributed by atoms with Gasteiger partial charge in [-0.3, -0.25) is 0 Å². The number of nitrogens with one attached hydrogen (secondary N) is 2. The number of amides is 2. The van der Waals surface area contributed by atoms with Crippen LogP contribution >= 0.6 is 11.6 Å². The summed E-state index contributed by atoms with van der Waals surface area (Å²) in [5.74, 6) is -0.612. The molecule has 1 aromatic carbocycles. The molecule has 1 rings (SSSR count). The van der Waals surface area contributed by atoms with Crippen molar-refractivity contribution in [2.75, 3.05) is 5.32 Å². The number of hydrogen-bond acceptors (Lipinski definition) is 2. The van der Waals surface area contributed by atoms with E-state index in [0.29, 0.717) is 11.6 Å². The van der Waals surface area contributed by atoms with E-state index in [4.69, 9.17) is 16.7 Å². The van der Waals surface area contributed by atoms with E-state index in [9.17, 15) is 9.59 Å². The standard InChI is InChI=1S/C14H19ClN2O3/c1-8(2)4-9(3)16-14(20)17-12-6-10(13(18)19)5-11(15)7-12/h5-9H,4H2,1-3H3,(H,18,19)(H2,16,17,20). The van der Waals surface area contributed by atoms with Crippen molar-refractivity contribution >= 4 is 29.3 Å². The van der Waals surface area contributed by atoms with E-state index in [2.05, 4.69) is 24.5 Å². The minimum absolute atomic E-state index is 0.0306. The SMILES string of the molecule is CC(C)CC(C)NC(=O)Nc1cc(Cl)cc(C(=O)O)c1. The fraction of sp³-hybridized carbons (Fsp3) is 0.429. The minimum atomic E-state index is -1.09. The summed E-state index contributed by atoms with van der Waals surface area (Å²) in [5, 5.41) is 14.6. The number of carboxylic acids is 1. The van der Waals surface area contributed by atoms with Gasteiger partial charge >= 0.3 is 12.0 Å². The highest BCUT2D eigenvalue weighted by molar-refractivity contribution is 6.31. The van der Waals surface area contributed by atoms with Gasteiger partial charge in [0.2, 0.25) is 0 Å². The Labute approximate surface area is 123 Å². The zero-order chi connectivity index (χ0) is 15.3. The van der Waals surface area contributed by atoms with Crippen molar-refractivity contribution in [1.82, 2.24) is 5.32 Å². The maximum atomic E-state index is 11.8. The van der Waals surface area contributed by atoms with Crippen LogP contribution in [0.5, 0.6) is 0 Å². The van der Waals surface area contributed by atoms with Crippen LogP contribution in [0.2, 0.25) is 5.02 Å². The van der Waals surface area contributed by atoms with E-state index < -0.39 is 5.97 Å². The Morgan fingerprint density at radius 2 is 1.90 bits per heavy atom. The number of carbonyl (C=O) groups excluding carboxylic acids is 1. The van der Waals surface area contributed by atoms with E-state index in [1.807, 2.05) is 6.92 Å². The molecular weight excluding hydrogens is 280 g/mol. The van der Waals surface area contributed by atoms with E-state index >= 15 is 0 Å². The molecule has 0 aliphatic carbocycles. The van der Waals surface area contributed by atoms with Gasteiger partial charge in [0.05, 0.1) is 5.56 Å². The second kappa shape index (κ2) is 7.14. The molecule has 0 aromatic heterocycles. The molecule has 0 radical (unpaired) electrons. The second-order valence-corrected chi connectivity index (χ2v) is 5.60. The molecule has 1 atom stereocenters. The lowest BCUT2D eigenvalue weighted by Gasteiger charge is -2.16. The van der Waals surface area contributed by atoms with Crippen molar-refractivity contribution in [1.29, 1.82) is 0 Å². The van der Waals surface area contributed by atoms with Crippen molar-refractivity contribution in [2.45, 2.75) is 33.2 Å².